The number of carboxylic acids is 1. The zero-order valence-electron chi connectivity index (χ0n) is 9.85. The van der Waals surface area contributed by atoms with Crippen LogP contribution in [0.3, 0.4) is 0 Å². The van der Waals surface area contributed by atoms with E-state index >= 15 is 0 Å². The molecule has 0 amide bonds. The molecule has 5 nitrogen and oxygen atoms in total. The average Bonchev–Trinajstić information content (AvgIpc) is 2.39. The van der Waals surface area contributed by atoms with Gasteiger partial charge in [-0.1, -0.05) is 0 Å². The number of carboxylic acid groups (broad SMARTS) is 1. The lowest BCUT2D eigenvalue weighted by Gasteiger charge is -2.08. The SMILES string of the molecule is O=C(O)c1ccc(Nc2ccc(C(F)(F)F)cc2)nn1. The van der Waals surface area contributed by atoms with Gasteiger partial charge < -0.3 is 10.4 Å². The van der Waals surface area contributed by atoms with Crippen molar-refractivity contribution in [3.63, 3.8) is 0 Å². The maximum atomic E-state index is 12.4. The highest BCUT2D eigenvalue weighted by Crippen LogP contribution is 2.30. The van der Waals surface area contributed by atoms with Crippen molar-refractivity contribution in [3.8, 4) is 0 Å². The van der Waals surface area contributed by atoms with Crippen molar-refractivity contribution >= 4 is 17.5 Å². The van der Waals surface area contributed by atoms with Crippen LogP contribution in [0.1, 0.15) is 16.1 Å². The minimum Gasteiger partial charge on any atom is -0.476 e. The fraction of sp³-hybridized carbons (Fsp3) is 0.0833. The molecule has 0 aliphatic rings. The first-order valence-corrected chi connectivity index (χ1v) is 5.37. The average molecular weight is 283 g/mol. The third kappa shape index (κ3) is 3.22. The molecule has 8 heteroatoms. The van der Waals surface area contributed by atoms with Crippen LogP contribution >= 0.6 is 0 Å². The Hall–Kier alpha value is -2.64. The van der Waals surface area contributed by atoms with Crippen LogP contribution in [0.2, 0.25) is 0 Å². The van der Waals surface area contributed by atoms with E-state index in [2.05, 4.69) is 15.5 Å². The Morgan fingerprint density at radius 2 is 1.70 bits per heavy atom. The van der Waals surface area contributed by atoms with E-state index in [1.807, 2.05) is 0 Å². The van der Waals surface area contributed by atoms with E-state index in [9.17, 15) is 18.0 Å². The molecular weight excluding hydrogens is 275 g/mol. The molecule has 0 radical (unpaired) electrons. The standard InChI is InChI=1S/C12H8F3N3O2/c13-12(14,15)7-1-3-8(4-2-7)16-10-6-5-9(11(19)20)17-18-10/h1-6H,(H,16,18)(H,19,20). The summed E-state index contributed by atoms with van der Waals surface area (Å²) in [5.74, 6) is -0.978. The van der Waals surface area contributed by atoms with Gasteiger partial charge in [-0.2, -0.15) is 13.2 Å². The van der Waals surface area contributed by atoms with Gasteiger partial charge in [0.1, 0.15) is 0 Å². The Kier molecular flexibility index (Phi) is 3.55. The van der Waals surface area contributed by atoms with Crippen LogP contribution in [-0.2, 0) is 6.18 Å². The van der Waals surface area contributed by atoms with Crippen molar-refractivity contribution < 1.29 is 23.1 Å². The first kappa shape index (κ1) is 13.8. The molecule has 0 fully saturated rings. The van der Waals surface area contributed by atoms with Gasteiger partial charge in [0.15, 0.2) is 11.5 Å². The van der Waals surface area contributed by atoms with Gasteiger partial charge in [0, 0.05) is 5.69 Å². The van der Waals surface area contributed by atoms with Gasteiger partial charge in [-0.15, -0.1) is 10.2 Å². The Balaban J connectivity index is 2.12. The van der Waals surface area contributed by atoms with E-state index < -0.39 is 17.7 Å². The predicted molar refractivity (Wildman–Crippen MR) is 63.7 cm³/mol. The van der Waals surface area contributed by atoms with Gasteiger partial charge in [-0.3, -0.25) is 0 Å². The zero-order chi connectivity index (χ0) is 14.8. The number of hydrogen-bond donors (Lipinski definition) is 2. The minimum atomic E-state index is -4.39. The highest BCUT2D eigenvalue weighted by Gasteiger charge is 2.29. The number of benzene rings is 1. The molecule has 1 heterocycles. The second kappa shape index (κ2) is 5.16. The zero-order valence-corrected chi connectivity index (χ0v) is 9.85. The van der Waals surface area contributed by atoms with Crippen LogP contribution in [0.15, 0.2) is 36.4 Å². The highest BCUT2D eigenvalue weighted by atomic mass is 19.4. The van der Waals surface area contributed by atoms with Gasteiger partial charge in [-0.05, 0) is 36.4 Å². The molecule has 2 rings (SSSR count). The lowest BCUT2D eigenvalue weighted by atomic mass is 10.2. The molecule has 0 aliphatic carbocycles. The van der Waals surface area contributed by atoms with Crippen molar-refractivity contribution in [2.24, 2.45) is 0 Å². The molecule has 2 N–H and O–H groups in total. The third-order valence-corrected chi connectivity index (χ3v) is 2.37. The molecule has 0 aliphatic heterocycles. The van der Waals surface area contributed by atoms with Crippen LogP contribution in [-0.4, -0.2) is 21.3 Å². The number of nitrogens with one attached hydrogen (secondary N) is 1. The van der Waals surface area contributed by atoms with Crippen LogP contribution in [0.5, 0.6) is 0 Å². The summed E-state index contributed by atoms with van der Waals surface area (Å²) in [4.78, 5) is 10.6. The molecule has 104 valence electrons. The summed E-state index contributed by atoms with van der Waals surface area (Å²) in [7, 11) is 0. The second-order valence-electron chi connectivity index (χ2n) is 3.81. The number of aromatic carboxylic acids is 1. The number of anilines is 2. The summed E-state index contributed by atoms with van der Waals surface area (Å²) in [6.45, 7) is 0. The molecule has 0 bridgehead atoms. The number of alkyl halides is 3. The van der Waals surface area contributed by atoms with Crippen LogP contribution in [0, 0.1) is 0 Å². The largest absolute Gasteiger partial charge is 0.476 e. The van der Waals surface area contributed by atoms with Crippen molar-refractivity contribution in [1.29, 1.82) is 0 Å². The Morgan fingerprint density at radius 1 is 1.05 bits per heavy atom. The number of rotatable bonds is 3. The number of hydrogen-bond acceptors (Lipinski definition) is 4. The molecule has 1 aromatic heterocycles. The van der Waals surface area contributed by atoms with Crippen molar-refractivity contribution in [2.75, 3.05) is 5.32 Å². The molecule has 0 spiro atoms. The lowest BCUT2D eigenvalue weighted by Crippen LogP contribution is -2.05. The van der Waals surface area contributed by atoms with Crippen LogP contribution in [0.4, 0.5) is 24.7 Å². The number of halogens is 3. The van der Waals surface area contributed by atoms with Crippen molar-refractivity contribution in [2.45, 2.75) is 6.18 Å². The van der Waals surface area contributed by atoms with Crippen molar-refractivity contribution in [3.05, 3.63) is 47.7 Å². The number of nitrogens with zero attached hydrogens (tertiary/aromatic N) is 2. The maximum absolute atomic E-state index is 12.4. The molecule has 0 atom stereocenters. The van der Waals surface area contributed by atoms with E-state index in [1.54, 1.807) is 0 Å². The minimum absolute atomic E-state index is 0.219. The lowest BCUT2D eigenvalue weighted by molar-refractivity contribution is -0.137. The van der Waals surface area contributed by atoms with E-state index in [0.29, 0.717) is 5.69 Å². The molecule has 0 saturated heterocycles. The summed E-state index contributed by atoms with van der Waals surface area (Å²) in [5.41, 5.74) is -0.589. The molecule has 20 heavy (non-hydrogen) atoms. The fourth-order valence-corrected chi connectivity index (χ4v) is 1.40. The summed E-state index contributed by atoms with van der Waals surface area (Å²) in [5, 5.41) is 18.4. The van der Waals surface area contributed by atoms with E-state index in [-0.39, 0.29) is 11.5 Å². The number of aromatic nitrogens is 2. The second-order valence-corrected chi connectivity index (χ2v) is 3.81. The maximum Gasteiger partial charge on any atom is 0.416 e. The quantitative estimate of drug-likeness (QED) is 0.905. The molecule has 2 aromatic rings. The summed E-state index contributed by atoms with van der Waals surface area (Å²) in [6, 6.07) is 6.96. The van der Waals surface area contributed by atoms with Gasteiger partial charge in [0.25, 0.3) is 0 Å². The van der Waals surface area contributed by atoms with Crippen molar-refractivity contribution in [1.82, 2.24) is 10.2 Å². The summed E-state index contributed by atoms with van der Waals surface area (Å²) in [6.07, 6.45) is -4.39. The first-order valence-electron chi connectivity index (χ1n) is 5.37. The Bertz CT molecular complexity index is 609. The van der Waals surface area contributed by atoms with Gasteiger partial charge in [0.05, 0.1) is 5.56 Å². The molecular formula is C12H8F3N3O2. The topological polar surface area (TPSA) is 75.1 Å². The monoisotopic (exact) mass is 283 g/mol. The van der Waals surface area contributed by atoms with Gasteiger partial charge in [0.2, 0.25) is 0 Å². The van der Waals surface area contributed by atoms with Crippen LogP contribution < -0.4 is 5.32 Å². The van der Waals surface area contributed by atoms with E-state index in [4.69, 9.17) is 5.11 Å². The normalized spacial score (nSPS) is 11.2. The van der Waals surface area contributed by atoms with Gasteiger partial charge >= 0.3 is 12.1 Å². The Morgan fingerprint density at radius 3 is 2.15 bits per heavy atom. The fourth-order valence-electron chi connectivity index (χ4n) is 1.40. The molecule has 0 unspecified atom stereocenters. The first-order chi connectivity index (χ1) is 9.36. The van der Waals surface area contributed by atoms with Crippen LogP contribution in [0.25, 0.3) is 0 Å². The molecule has 0 saturated carbocycles. The number of carbonyl (C=O) groups is 1. The van der Waals surface area contributed by atoms with Gasteiger partial charge in [-0.25, -0.2) is 4.79 Å². The summed E-state index contributed by atoms with van der Waals surface area (Å²) >= 11 is 0. The molecule has 1 aromatic carbocycles. The van der Waals surface area contributed by atoms with E-state index in [0.717, 1.165) is 12.1 Å². The predicted octanol–water partition coefficient (Wildman–Crippen LogP) is 2.94. The third-order valence-electron chi connectivity index (χ3n) is 2.37. The smallest absolute Gasteiger partial charge is 0.416 e. The summed E-state index contributed by atoms with van der Waals surface area (Å²) < 4.78 is 37.1. The Labute approximate surface area is 111 Å². The van der Waals surface area contributed by atoms with E-state index in [1.165, 1.54) is 24.3 Å². The highest BCUT2D eigenvalue weighted by molar-refractivity contribution is 5.85.